The van der Waals surface area contributed by atoms with Gasteiger partial charge in [0.1, 0.15) is 17.2 Å². The van der Waals surface area contributed by atoms with Gasteiger partial charge in [-0.15, -0.1) is 0 Å². The van der Waals surface area contributed by atoms with Gasteiger partial charge in [0.05, 0.1) is 24.1 Å². The SMILES string of the molecule is Cc1cc(C)c2c(CC(=O)N/N=C3\CCCc4oc(C(=O)Nc5ccccc5F)c(C)c43)coc2c1. The topological polar surface area (TPSA) is 96.8 Å². The van der Waals surface area contributed by atoms with Gasteiger partial charge in [-0.1, -0.05) is 18.2 Å². The lowest BCUT2D eigenvalue weighted by Crippen LogP contribution is -2.23. The first-order chi connectivity index (χ1) is 17.3. The summed E-state index contributed by atoms with van der Waals surface area (Å²) in [5, 5.41) is 7.89. The van der Waals surface area contributed by atoms with E-state index < -0.39 is 11.7 Å². The summed E-state index contributed by atoms with van der Waals surface area (Å²) in [6.45, 7) is 5.77. The second-order valence-corrected chi connectivity index (χ2v) is 9.13. The van der Waals surface area contributed by atoms with Crippen molar-refractivity contribution in [3.8, 4) is 0 Å². The average Bonchev–Trinajstić information content (AvgIpc) is 3.40. The quantitative estimate of drug-likeness (QED) is 0.351. The third kappa shape index (κ3) is 4.42. The molecular weight excluding hydrogens is 461 g/mol. The Morgan fingerprint density at radius 3 is 2.72 bits per heavy atom. The number of para-hydroxylation sites is 1. The van der Waals surface area contributed by atoms with E-state index in [1.807, 2.05) is 19.9 Å². The van der Waals surface area contributed by atoms with Gasteiger partial charge in [0.25, 0.3) is 5.91 Å². The van der Waals surface area contributed by atoms with E-state index in [0.29, 0.717) is 29.9 Å². The zero-order valence-corrected chi connectivity index (χ0v) is 20.3. The van der Waals surface area contributed by atoms with Crippen LogP contribution in [0.3, 0.4) is 0 Å². The Morgan fingerprint density at radius 1 is 1.11 bits per heavy atom. The number of furan rings is 2. The van der Waals surface area contributed by atoms with Crippen molar-refractivity contribution in [3.05, 3.63) is 87.8 Å². The van der Waals surface area contributed by atoms with Crippen LogP contribution in [0.15, 0.2) is 56.6 Å². The fourth-order valence-corrected chi connectivity index (χ4v) is 4.84. The summed E-state index contributed by atoms with van der Waals surface area (Å²) in [6.07, 6.45) is 3.79. The van der Waals surface area contributed by atoms with Gasteiger partial charge in [-0.05, 0) is 62.9 Å². The second kappa shape index (κ2) is 9.45. The molecule has 8 heteroatoms. The van der Waals surface area contributed by atoms with Crippen molar-refractivity contribution in [1.29, 1.82) is 0 Å². The van der Waals surface area contributed by atoms with Crippen molar-refractivity contribution >= 4 is 34.2 Å². The molecule has 0 atom stereocenters. The number of rotatable bonds is 5. The molecule has 0 aliphatic heterocycles. The number of amides is 2. The van der Waals surface area contributed by atoms with Gasteiger partial charge in [-0.2, -0.15) is 5.10 Å². The van der Waals surface area contributed by atoms with Gasteiger partial charge in [0, 0.05) is 28.5 Å². The van der Waals surface area contributed by atoms with Crippen LogP contribution in [0.5, 0.6) is 0 Å². The predicted molar refractivity (Wildman–Crippen MR) is 135 cm³/mol. The lowest BCUT2D eigenvalue weighted by molar-refractivity contribution is -0.120. The Bertz CT molecular complexity index is 1530. The molecule has 0 unspecified atom stereocenters. The maximum atomic E-state index is 14.0. The molecule has 2 N–H and O–H groups in total. The van der Waals surface area contributed by atoms with Crippen LogP contribution < -0.4 is 10.7 Å². The number of carbonyl (C=O) groups excluding carboxylic acids is 2. The summed E-state index contributed by atoms with van der Waals surface area (Å²) in [5.41, 5.74) is 8.43. The molecule has 2 heterocycles. The number of hydrazone groups is 1. The van der Waals surface area contributed by atoms with Gasteiger partial charge < -0.3 is 14.2 Å². The molecule has 1 aliphatic carbocycles. The molecule has 0 bridgehead atoms. The van der Waals surface area contributed by atoms with E-state index >= 15 is 0 Å². The zero-order chi connectivity index (χ0) is 25.4. The number of hydrogen-bond acceptors (Lipinski definition) is 5. The number of fused-ring (bicyclic) bond motifs is 2. The van der Waals surface area contributed by atoms with Crippen LogP contribution in [-0.2, 0) is 17.6 Å². The van der Waals surface area contributed by atoms with Gasteiger partial charge in [-0.3, -0.25) is 9.59 Å². The summed E-state index contributed by atoms with van der Waals surface area (Å²) >= 11 is 0. The highest BCUT2D eigenvalue weighted by Crippen LogP contribution is 2.31. The van der Waals surface area contributed by atoms with Crippen LogP contribution in [-0.4, -0.2) is 17.5 Å². The lowest BCUT2D eigenvalue weighted by atomic mass is 9.93. The largest absolute Gasteiger partial charge is 0.464 e. The number of nitrogens with one attached hydrogen (secondary N) is 2. The molecule has 4 aromatic rings. The van der Waals surface area contributed by atoms with Crippen molar-refractivity contribution in [2.45, 2.75) is 46.5 Å². The van der Waals surface area contributed by atoms with Gasteiger partial charge >= 0.3 is 0 Å². The highest BCUT2D eigenvalue weighted by atomic mass is 19.1. The molecule has 0 fully saturated rings. The smallest absolute Gasteiger partial charge is 0.291 e. The summed E-state index contributed by atoms with van der Waals surface area (Å²) in [7, 11) is 0. The van der Waals surface area contributed by atoms with Gasteiger partial charge in [-0.25, -0.2) is 9.82 Å². The Labute approximate surface area is 207 Å². The van der Waals surface area contributed by atoms with Crippen molar-refractivity contribution < 1.29 is 22.8 Å². The molecule has 5 rings (SSSR count). The van der Waals surface area contributed by atoms with Crippen molar-refractivity contribution in [3.63, 3.8) is 0 Å². The van der Waals surface area contributed by atoms with E-state index in [2.05, 4.69) is 21.9 Å². The summed E-state index contributed by atoms with van der Waals surface area (Å²) in [6, 6.07) is 9.97. The van der Waals surface area contributed by atoms with Gasteiger partial charge in [0.2, 0.25) is 5.91 Å². The average molecular weight is 488 g/mol. The number of nitrogens with zero attached hydrogens (tertiary/aromatic N) is 1. The van der Waals surface area contributed by atoms with E-state index in [4.69, 9.17) is 8.83 Å². The third-order valence-electron chi connectivity index (χ3n) is 6.41. The fraction of sp³-hybridized carbons (Fsp3) is 0.250. The zero-order valence-electron chi connectivity index (χ0n) is 20.3. The molecule has 2 aromatic carbocycles. The lowest BCUT2D eigenvalue weighted by Gasteiger charge is -2.13. The molecule has 0 saturated carbocycles. The number of halogens is 1. The Balaban J connectivity index is 1.34. The molecule has 36 heavy (non-hydrogen) atoms. The Kier molecular flexibility index (Phi) is 6.18. The Hall–Kier alpha value is -4.20. The van der Waals surface area contributed by atoms with Crippen LogP contribution in [0.1, 0.15) is 57.0 Å². The van der Waals surface area contributed by atoms with E-state index in [-0.39, 0.29) is 23.8 Å². The highest BCUT2D eigenvalue weighted by molar-refractivity contribution is 6.09. The predicted octanol–water partition coefficient (Wildman–Crippen LogP) is 5.74. The molecule has 0 radical (unpaired) electrons. The highest BCUT2D eigenvalue weighted by Gasteiger charge is 2.28. The van der Waals surface area contributed by atoms with E-state index in [0.717, 1.165) is 39.6 Å². The summed E-state index contributed by atoms with van der Waals surface area (Å²) in [5.74, 6) is -0.582. The second-order valence-electron chi connectivity index (χ2n) is 9.13. The van der Waals surface area contributed by atoms with E-state index in [1.165, 1.54) is 12.1 Å². The number of benzene rings is 2. The maximum absolute atomic E-state index is 14.0. The number of carbonyl (C=O) groups is 2. The van der Waals surface area contributed by atoms with Crippen LogP contribution >= 0.6 is 0 Å². The van der Waals surface area contributed by atoms with E-state index in [9.17, 15) is 14.0 Å². The minimum absolute atomic E-state index is 0.0783. The van der Waals surface area contributed by atoms with Gasteiger partial charge in [0.15, 0.2) is 5.76 Å². The molecule has 1 aliphatic rings. The van der Waals surface area contributed by atoms with Crippen molar-refractivity contribution in [1.82, 2.24) is 5.43 Å². The minimum atomic E-state index is -0.534. The molecule has 0 spiro atoms. The molecule has 2 aromatic heterocycles. The van der Waals surface area contributed by atoms with Crippen molar-refractivity contribution in [2.75, 3.05) is 5.32 Å². The minimum Gasteiger partial charge on any atom is -0.464 e. The molecular formula is C28H26FN3O4. The molecule has 7 nitrogen and oxygen atoms in total. The molecule has 184 valence electrons. The first-order valence-corrected chi connectivity index (χ1v) is 11.8. The standard InChI is InChI=1S/C28H26FN3O4/c1-15-11-16(2)25-18(14-35-23(25)12-15)13-24(33)32-31-21-9-6-10-22-26(21)17(3)27(36-22)28(34)30-20-8-5-4-7-19(20)29/h4-5,7-8,11-12,14H,6,9-10,13H2,1-3H3,(H,30,34)(H,32,33)/b31-21+. The van der Waals surface area contributed by atoms with E-state index in [1.54, 1.807) is 25.3 Å². The maximum Gasteiger partial charge on any atom is 0.291 e. The number of anilines is 1. The first kappa shape index (κ1) is 23.5. The van der Waals surface area contributed by atoms with Crippen LogP contribution in [0.25, 0.3) is 11.0 Å². The molecule has 2 amide bonds. The normalized spacial score (nSPS) is 14.2. The fourth-order valence-electron chi connectivity index (χ4n) is 4.84. The third-order valence-corrected chi connectivity index (χ3v) is 6.41. The van der Waals surface area contributed by atoms with Crippen molar-refractivity contribution in [2.24, 2.45) is 5.10 Å². The number of hydrogen-bond donors (Lipinski definition) is 2. The Morgan fingerprint density at radius 2 is 1.92 bits per heavy atom. The summed E-state index contributed by atoms with van der Waals surface area (Å²) < 4.78 is 25.5. The van der Waals surface area contributed by atoms with Crippen LogP contribution in [0, 0.1) is 26.6 Å². The van der Waals surface area contributed by atoms with Crippen LogP contribution in [0.4, 0.5) is 10.1 Å². The molecule has 0 saturated heterocycles. The van der Waals surface area contributed by atoms with Crippen LogP contribution in [0.2, 0.25) is 0 Å². The summed E-state index contributed by atoms with van der Waals surface area (Å²) in [4.78, 5) is 25.6. The first-order valence-electron chi connectivity index (χ1n) is 11.8. The monoisotopic (exact) mass is 487 g/mol. The number of aryl methyl sites for hydroxylation is 3.